The molecule has 0 radical (unpaired) electrons. The molecule has 13 heteroatoms. The summed E-state index contributed by atoms with van der Waals surface area (Å²) < 4.78 is 5.23. The minimum Gasteiger partial charge on any atom is -0.370 e. The fraction of sp³-hybridized carbons (Fsp3) is 0.172. The second-order valence-corrected chi connectivity index (χ2v) is 11.6. The normalized spacial score (nSPS) is 11.0. The number of fused-ring (bicyclic) bond motifs is 2. The van der Waals surface area contributed by atoms with Crippen LogP contribution in [-0.4, -0.2) is 48.8 Å². The molecule has 0 aliphatic carbocycles. The molecule has 4 heterocycles. The molecule has 216 valence electrons. The van der Waals surface area contributed by atoms with Crippen molar-refractivity contribution in [3.05, 3.63) is 92.0 Å². The smallest absolute Gasteiger partial charge is 0.172 e. The Bertz CT molecular complexity index is 1840. The van der Waals surface area contributed by atoms with E-state index in [4.69, 9.17) is 28.9 Å². The lowest BCUT2D eigenvalue weighted by molar-refractivity contribution is 0.852. The van der Waals surface area contributed by atoms with Crippen LogP contribution in [0.1, 0.15) is 13.3 Å². The van der Waals surface area contributed by atoms with Crippen LogP contribution in [0.4, 0.5) is 11.6 Å². The molecule has 9 nitrogen and oxygen atoms in total. The number of halogens is 4. The summed E-state index contributed by atoms with van der Waals surface area (Å²) in [6.45, 7) is 4.26. The number of hydrogen-bond acceptors (Lipinski definition) is 7. The minimum atomic E-state index is 0.640. The molecule has 0 aliphatic heterocycles. The first kappa shape index (κ1) is 30.2. The van der Waals surface area contributed by atoms with E-state index in [-0.39, 0.29) is 0 Å². The Kier molecular flexibility index (Phi) is 9.96. The molecule has 0 fully saturated rings. The monoisotopic (exact) mass is 729 g/mol. The first-order valence-corrected chi connectivity index (χ1v) is 15.5. The topological polar surface area (TPSA) is 110 Å². The number of aromatic nitrogens is 6. The zero-order chi connectivity index (χ0) is 29.6. The molecular formula is C29H27Br2Cl2N9. The van der Waals surface area contributed by atoms with Crippen molar-refractivity contribution in [2.75, 3.05) is 30.3 Å². The number of anilines is 2. The Morgan fingerprint density at radius 3 is 1.69 bits per heavy atom. The van der Waals surface area contributed by atoms with Crippen LogP contribution in [0, 0.1) is 0 Å². The predicted molar refractivity (Wildman–Crippen MR) is 179 cm³/mol. The Labute approximate surface area is 269 Å². The van der Waals surface area contributed by atoms with Crippen LogP contribution < -0.4 is 16.4 Å². The Morgan fingerprint density at radius 1 is 0.762 bits per heavy atom. The molecule has 0 atom stereocenters. The first-order chi connectivity index (χ1) is 20.4. The zero-order valence-electron chi connectivity index (χ0n) is 22.5. The highest BCUT2D eigenvalue weighted by Crippen LogP contribution is 2.31. The molecule has 6 aromatic rings. The maximum Gasteiger partial charge on any atom is 0.172 e. The number of benzene rings is 2. The molecule has 0 amide bonds. The summed E-state index contributed by atoms with van der Waals surface area (Å²) in [6, 6.07) is 19.2. The van der Waals surface area contributed by atoms with Gasteiger partial charge in [-0.05, 0) is 63.9 Å². The molecule has 2 aromatic carbocycles. The lowest BCUT2D eigenvalue weighted by Crippen LogP contribution is -2.11. The highest BCUT2D eigenvalue weighted by atomic mass is 79.9. The van der Waals surface area contributed by atoms with Crippen molar-refractivity contribution in [3.63, 3.8) is 0 Å². The van der Waals surface area contributed by atoms with E-state index in [1.54, 1.807) is 21.4 Å². The van der Waals surface area contributed by atoms with Gasteiger partial charge in [0.05, 0.1) is 32.7 Å². The van der Waals surface area contributed by atoms with Gasteiger partial charge in [0.25, 0.3) is 0 Å². The Morgan fingerprint density at radius 2 is 1.24 bits per heavy atom. The second-order valence-electron chi connectivity index (χ2n) is 9.07. The maximum atomic E-state index is 6.29. The summed E-state index contributed by atoms with van der Waals surface area (Å²) in [7, 11) is 0. The fourth-order valence-corrected chi connectivity index (χ4v) is 5.40. The molecule has 0 aliphatic rings. The van der Waals surface area contributed by atoms with E-state index in [1.807, 2.05) is 67.6 Å². The van der Waals surface area contributed by atoms with Crippen molar-refractivity contribution in [2.24, 2.45) is 5.73 Å². The van der Waals surface area contributed by atoms with E-state index < -0.39 is 0 Å². The van der Waals surface area contributed by atoms with Crippen molar-refractivity contribution in [1.82, 2.24) is 29.2 Å². The molecule has 0 unspecified atom stereocenters. The number of nitrogens with two attached hydrogens (primary N) is 1. The zero-order valence-corrected chi connectivity index (χ0v) is 27.2. The third kappa shape index (κ3) is 6.55. The predicted octanol–water partition coefficient (Wildman–Crippen LogP) is 7.82. The van der Waals surface area contributed by atoms with Crippen molar-refractivity contribution in [2.45, 2.75) is 13.3 Å². The molecule has 0 saturated carbocycles. The Hall–Kier alpha value is -3.22. The van der Waals surface area contributed by atoms with Crippen LogP contribution >= 0.6 is 55.1 Å². The van der Waals surface area contributed by atoms with Crippen LogP contribution in [0.3, 0.4) is 0 Å². The van der Waals surface area contributed by atoms with Crippen molar-refractivity contribution in [1.29, 1.82) is 0 Å². The van der Waals surface area contributed by atoms with Crippen molar-refractivity contribution >= 4 is 78.0 Å². The third-order valence-electron chi connectivity index (χ3n) is 6.20. The maximum absolute atomic E-state index is 6.29. The van der Waals surface area contributed by atoms with Gasteiger partial charge in [-0.3, -0.25) is 0 Å². The lowest BCUT2D eigenvalue weighted by Gasteiger charge is -2.11. The quantitative estimate of drug-likeness (QED) is 0.137. The van der Waals surface area contributed by atoms with Crippen molar-refractivity contribution < 1.29 is 0 Å². The van der Waals surface area contributed by atoms with Gasteiger partial charge in [0, 0.05) is 46.4 Å². The summed E-state index contributed by atoms with van der Waals surface area (Å²) in [5.41, 5.74) is 10.5. The van der Waals surface area contributed by atoms with Gasteiger partial charge in [-0.1, -0.05) is 59.6 Å². The van der Waals surface area contributed by atoms with E-state index in [1.165, 1.54) is 0 Å². The van der Waals surface area contributed by atoms with E-state index >= 15 is 0 Å². The second kappa shape index (κ2) is 13.8. The summed E-state index contributed by atoms with van der Waals surface area (Å²) in [4.78, 5) is 9.30. The van der Waals surface area contributed by atoms with E-state index in [2.05, 4.69) is 62.7 Å². The summed E-state index contributed by atoms with van der Waals surface area (Å²) in [6.07, 6.45) is 4.35. The van der Waals surface area contributed by atoms with E-state index in [0.717, 1.165) is 73.9 Å². The standard InChI is InChI=1S/C15H15BrClN5.C14H12BrClN4/c16-11-9-20-22-14(19-7-3-6-18)8-13(21-15(11)22)10-4-1-2-5-12(10)17;1-2-17-13-7-12(9-5-3-4-6-11(9)16)19-14-10(15)8-18-20(13)14/h1-2,4-5,8-9,19H,3,6-7,18H2;3-8,17H,2H2,1H3. The van der Waals surface area contributed by atoms with Crippen LogP contribution in [0.15, 0.2) is 82.0 Å². The van der Waals surface area contributed by atoms with Crippen LogP contribution in [0.5, 0.6) is 0 Å². The van der Waals surface area contributed by atoms with Gasteiger partial charge in [-0.15, -0.1) is 0 Å². The average molecular weight is 732 g/mol. The van der Waals surface area contributed by atoms with Gasteiger partial charge in [-0.25, -0.2) is 9.97 Å². The molecular weight excluding hydrogens is 705 g/mol. The van der Waals surface area contributed by atoms with Gasteiger partial charge in [-0.2, -0.15) is 19.2 Å². The number of hydrogen-bond donors (Lipinski definition) is 3. The van der Waals surface area contributed by atoms with Crippen LogP contribution in [-0.2, 0) is 0 Å². The molecule has 4 N–H and O–H groups in total. The van der Waals surface area contributed by atoms with E-state index in [9.17, 15) is 0 Å². The minimum absolute atomic E-state index is 0.640. The van der Waals surface area contributed by atoms with Gasteiger partial charge in [0.15, 0.2) is 11.3 Å². The number of nitrogens with zero attached hydrogens (tertiary/aromatic N) is 6. The summed E-state index contributed by atoms with van der Waals surface area (Å²) >= 11 is 19.5. The number of rotatable bonds is 8. The molecule has 0 spiro atoms. The summed E-state index contributed by atoms with van der Waals surface area (Å²) in [5.74, 6) is 1.75. The van der Waals surface area contributed by atoms with E-state index in [0.29, 0.717) is 16.6 Å². The molecule has 4 aromatic heterocycles. The molecule has 0 bridgehead atoms. The van der Waals surface area contributed by atoms with Gasteiger partial charge < -0.3 is 16.4 Å². The SMILES string of the molecule is CCNc1cc(-c2ccccc2Cl)nc2c(Br)cnn12.NCCCNc1cc(-c2ccccc2Cl)nc2c(Br)cnn12. The highest BCUT2D eigenvalue weighted by molar-refractivity contribution is 9.11. The van der Waals surface area contributed by atoms with Crippen LogP contribution in [0.25, 0.3) is 33.8 Å². The lowest BCUT2D eigenvalue weighted by atomic mass is 10.1. The van der Waals surface area contributed by atoms with Crippen LogP contribution in [0.2, 0.25) is 10.0 Å². The molecule has 42 heavy (non-hydrogen) atoms. The van der Waals surface area contributed by atoms with Gasteiger partial charge in [0.2, 0.25) is 0 Å². The average Bonchev–Trinajstić information content (AvgIpc) is 3.56. The summed E-state index contributed by atoms with van der Waals surface area (Å²) in [5, 5.41) is 16.6. The van der Waals surface area contributed by atoms with Gasteiger partial charge >= 0.3 is 0 Å². The van der Waals surface area contributed by atoms with Crippen molar-refractivity contribution in [3.8, 4) is 22.5 Å². The van der Waals surface area contributed by atoms with Gasteiger partial charge in [0.1, 0.15) is 11.6 Å². The molecule has 6 rings (SSSR count). The fourth-order valence-electron chi connectivity index (χ4n) is 4.24. The Balaban J connectivity index is 0.000000169. The highest BCUT2D eigenvalue weighted by Gasteiger charge is 2.14. The third-order valence-corrected chi connectivity index (χ3v) is 7.98. The largest absolute Gasteiger partial charge is 0.370 e. The number of nitrogens with one attached hydrogen (secondary N) is 2. The first-order valence-electron chi connectivity index (χ1n) is 13.2. The molecule has 0 saturated heterocycles.